The van der Waals surface area contributed by atoms with E-state index in [0.29, 0.717) is 11.8 Å². The summed E-state index contributed by atoms with van der Waals surface area (Å²) >= 11 is 1.55. The lowest BCUT2D eigenvalue weighted by molar-refractivity contribution is 0.0820. The summed E-state index contributed by atoms with van der Waals surface area (Å²) in [6.45, 7) is 0. The molecule has 0 bridgehead atoms. The van der Waals surface area contributed by atoms with E-state index >= 15 is 0 Å². The van der Waals surface area contributed by atoms with Crippen LogP contribution in [-0.4, -0.2) is 18.9 Å². The fourth-order valence-corrected chi connectivity index (χ4v) is 2.43. The Balaban J connectivity index is 1.94. The summed E-state index contributed by atoms with van der Waals surface area (Å²) in [5.74, 6) is 0.609. The molecule has 1 saturated carbocycles. The Morgan fingerprint density at radius 1 is 1.62 bits per heavy atom. The van der Waals surface area contributed by atoms with Crippen LogP contribution in [-0.2, 0) is 0 Å². The molecule has 2 nitrogen and oxygen atoms in total. The normalized spacial score (nSPS) is 26.8. The first kappa shape index (κ1) is 8.91. The average molecular weight is 195 g/mol. The first-order chi connectivity index (χ1) is 6.31. The number of hydrogen-bond donors (Lipinski definition) is 1. The van der Waals surface area contributed by atoms with Crippen molar-refractivity contribution in [1.82, 2.24) is 5.32 Å². The summed E-state index contributed by atoms with van der Waals surface area (Å²) in [5.41, 5.74) is 0. The Morgan fingerprint density at radius 2 is 2.38 bits per heavy atom. The molecular weight excluding hydrogens is 182 g/mol. The molecule has 0 atom stereocenters. The molecule has 0 aromatic carbocycles. The highest BCUT2D eigenvalue weighted by Gasteiger charge is 2.33. The topological polar surface area (TPSA) is 29.1 Å². The predicted molar refractivity (Wildman–Crippen MR) is 54.2 cm³/mol. The Kier molecular flexibility index (Phi) is 2.47. The fraction of sp³-hybridized carbons (Fsp3) is 0.500. The van der Waals surface area contributed by atoms with Crippen LogP contribution in [0.15, 0.2) is 17.5 Å². The minimum Gasteiger partial charge on any atom is -0.317 e. The number of nitrogens with one attached hydrogen (secondary N) is 1. The summed E-state index contributed by atoms with van der Waals surface area (Å²) in [6, 6.07) is 4.42. The lowest BCUT2D eigenvalue weighted by atomic mass is 9.77. The number of carbonyl (C=O) groups excluding carboxylic acids is 1. The van der Waals surface area contributed by atoms with Crippen LogP contribution >= 0.6 is 11.3 Å². The van der Waals surface area contributed by atoms with Gasteiger partial charge < -0.3 is 5.32 Å². The summed E-state index contributed by atoms with van der Waals surface area (Å²) in [4.78, 5) is 12.6. The second-order valence-corrected chi connectivity index (χ2v) is 4.44. The molecule has 1 aromatic rings. The molecule has 0 amide bonds. The maximum absolute atomic E-state index is 11.7. The first-order valence-electron chi connectivity index (χ1n) is 4.56. The van der Waals surface area contributed by atoms with Crippen LogP contribution < -0.4 is 5.32 Å². The summed E-state index contributed by atoms with van der Waals surface area (Å²) < 4.78 is 0. The Bertz CT molecular complexity index is 288. The third kappa shape index (κ3) is 1.67. The number of ketones is 1. The molecule has 1 aliphatic carbocycles. The van der Waals surface area contributed by atoms with Crippen molar-refractivity contribution in [3.8, 4) is 0 Å². The van der Waals surface area contributed by atoms with E-state index in [4.69, 9.17) is 0 Å². The molecule has 0 spiro atoms. The van der Waals surface area contributed by atoms with Crippen molar-refractivity contribution in [3.63, 3.8) is 0 Å². The third-order valence-corrected chi connectivity index (χ3v) is 3.57. The van der Waals surface area contributed by atoms with Gasteiger partial charge in [-0.3, -0.25) is 4.79 Å². The van der Waals surface area contributed by atoms with Gasteiger partial charge in [0.05, 0.1) is 4.88 Å². The largest absolute Gasteiger partial charge is 0.317 e. The SMILES string of the molecule is CNC1CC(C(=O)c2cccs2)C1. The lowest BCUT2D eigenvalue weighted by Gasteiger charge is -2.33. The molecule has 1 aromatic heterocycles. The third-order valence-electron chi connectivity index (χ3n) is 2.68. The van der Waals surface area contributed by atoms with E-state index < -0.39 is 0 Å². The molecule has 2 rings (SSSR count). The average Bonchev–Trinajstić information content (AvgIpc) is 2.53. The molecule has 1 fully saturated rings. The highest BCUT2D eigenvalue weighted by molar-refractivity contribution is 7.12. The van der Waals surface area contributed by atoms with Gasteiger partial charge in [0.15, 0.2) is 5.78 Å². The molecule has 1 heterocycles. The van der Waals surface area contributed by atoms with Crippen molar-refractivity contribution in [2.75, 3.05) is 7.05 Å². The van der Waals surface area contributed by atoms with Gasteiger partial charge >= 0.3 is 0 Å². The number of Topliss-reactive ketones (excluding diaryl/α,β-unsaturated/α-hetero) is 1. The minimum atomic E-state index is 0.274. The van der Waals surface area contributed by atoms with Crippen LogP contribution in [0.1, 0.15) is 22.5 Å². The fourth-order valence-electron chi connectivity index (χ4n) is 1.69. The van der Waals surface area contributed by atoms with Crippen LogP contribution in [0.25, 0.3) is 0 Å². The van der Waals surface area contributed by atoms with Gasteiger partial charge in [-0.25, -0.2) is 0 Å². The zero-order valence-corrected chi connectivity index (χ0v) is 8.43. The van der Waals surface area contributed by atoms with Crippen molar-refractivity contribution < 1.29 is 4.79 Å². The molecule has 70 valence electrons. The van der Waals surface area contributed by atoms with Crippen LogP contribution in [0, 0.1) is 5.92 Å². The molecule has 3 heteroatoms. The number of carbonyl (C=O) groups is 1. The van der Waals surface area contributed by atoms with Crippen molar-refractivity contribution in [2.24, 2.45) is 5.92 Å². The molecule has 0 aliphatic heterocycles. The van der Waals surface area contributed by atoms with Gasteiger partial charge in [0.1, 0.15) is 0 Å². The summed E-state index contributed by atoms with van der Waals surface area (Å²) in [5, 5.41) is 5.14. The predicted octanol–water partition coefficient (Wildman–Crippen LogP) is 1.93. The van der Waals surface area contributed by atoms with Gasteiger partial charge in [-0.2, -0.15) is 0 Å². The zero-order chi connectivity index (χ0) is 9.26. The zero-order valence-electron chi connectivity index (χ0n) is 7.62. The van der Waals surface area contributed by atoms with Gasteiger partial charge in [-0.1, -0.05) is 6.07 Å². The molecular formula is C10H13NOS. The van der Waals surface area contributed by atoms with Gasteiger partial charge in [0.25, 0.3) is 0 Å². The van der Waals surface area contributed by atoms with Gasteiger partial charge in [0, 0.05) is 12.0 Å². The van der Waals surface area contributed by atoms with E-state index in [1.54, 1.807) is 11.3 Å². The van der Waals surface area contributed by atoms with Gasteiger partial charge in [0.2, 0.25) is 0 Å². The summed E-state index contributed by atoms with van der Waals surface area (Å²) in [6.07, 6.45) is 2.01. The smallest absolute Gasteiger partial charge is 0.175 e. The Labute approximate surface area is 82.0 Å². The van der Waals surface area contributed by atoms with E-state index in [1.165, 1.54) is 0 Å². The van der Waals surface area contributed by atoms with Crippen LogP contribution in [0.2, 0.25) is 0 Å². The van der Waals surface area contributed by atoms with Crippen molar-refractivity contribution >= 4 is 17.1 Å². The molecule has 0 unspecified atom stereocenters. The van der Waals surface area contributed by atoms with Crippen molar-refractivity contribution in [3.05, 3.63) is 22.4 Å². The maximum atomic E-state index is 11.7. The minimum absolute atomic E-state index is 0.274. The highest BCUT2D eigenvalue weighted by Crippen LogP contribution is 2.31. The van der Waals surface area contributed by atoms with Crippen molar-refractivity contribution in [1.29, 1.82) is 0 Å². The van der Waals surface area contributed by atoms with E-state index in [0.717, 1.165) is 17.7 Å². The van der Waals surface area contributed by atoms with Gasteiger partial charge in [-0.05, 0) is 31.3 Å². The van der Waals surface area contributed by atoms with E-state index in [9.17, 15) is 4.79 Å². The molecule has 1 N–H and O–H groups in total. The number of rotatable bonds is 3. The Morgan fingerprint density at radius 3 is 2.92 bits per heavy atom. The Hall–Kier alpha value is -0.670. The van der Waals surface area contributed by atoms with Gasteiger partial charge in [-0.15, -0.1) is 11.3 Å². The van der Waals surface area contributed by atoms with E-state index in [2.05, 4.69) is 5.32 Å². The van der Waals surface area contributed by atoms with Crippen molar-refractivity contribution in [2.45, 2.75) is 18.9 Å². The molecule has 0 saturated heterocycles. The molecule has 0 radical (unpaired) electrons. The highest BCUT2D eigenvalue weighted by atomic mass is 32.1. The van der Waals surface area contributed by atoms with Crippen LogP contribution in [0.4, 0.5) is 0 Å². The standard InChI is InChI=1S/C10H13NOS/c1-11-8-5-7(6-8)10(12)9-3-2-4-13-9/h2-4,7-8,11H,5-6H2,1H3. The maximum Gasteiger partial charge on any atom is 0.175 e. The van der Waals surface area contributed by atoms with Crippen LogP contribution in [0.5, 0.6) is 0 Å². The van der Waals surface area contributed by atoms with E-state index in [-0.39, 0.29) is 5.92 Å². The molecule has 1 aliphatic rings. The molecule has 13 heavy (non-hydrogen) atoms. The number of hydrogen-bond acceptors (Lipinski definition) is 3. The quantitative estimate of drug-likeness (QED) is 0.747. The monoisotopic (exact) mass is 195 g/mol. The van der Waals surface area contributed by atoms with E-state index in [1.807, 2.05) is 24.6 Å². The second-order valence-electron chi connectivity index (χ2n) is 3.50. The lowest BCUT2D eigenvalue weighted by Crippen LogP contribution is -2.42. The second kappa shape index (κ2) is 3.60. The number of thiophene rings is 1. The summed E-state index contributed by atoms with van der Waals surface area (Å²) in [7, 11) is 1.95. The first-order valence-corrected chi connectivity index (χ1v) is 5.44. The van der Waals surface area contributed by atoms with Crippen LogP contribution in [0.3, 0.4) is 0 Å².